The summed E-state index contributed by atoms with van der Waals surface area (Å²) in [4.78, 5) is 46.8. The summed E-state index contributed by atoms with van der Waals surface area (Å²) >= 11 is 0. The number of nitrogens with zero attached hydrogens (tertiary/aromatic N) is 2. The molecule has 10 nitrogen and oxygen atoms in total. The molecule has 1 fully saturated rings. The van der Waals surface area contributed by atoms with Gasteiger partial charge in [0.15, 0.2) is 0 Å². The summed E-state index contributed by atoms with van der Waals surface area (Å²) in [6.45, 7) is 7.75. The Morgan fingerprint density at radius 1 is 1.13 bits per heavy atom. The summed E-state index contributed by atoms with van der Waals surface area (Å²) in [5.41, 5.74) is 2.95. The van der Waals surface area contributed by atoms with E-state index in [1.807, 2.05) is 0 Å². The topological polar surface area (TPSA) is 130 Å². The number of carbonyl (C=O) groups is 3. The van der Waals surface area contributed by atoms with Gasteiger partial charge in [-0.25, -0.2) is 4.79 Å². The summed E-state index contributed by atoms with van der Waals surface area (Å²) in [7, 11) is 0. The quantitative estimate of drug-likeness (QED) is 0.398. The molecule has 0 spiro atoms. The van der Waals surface area contributed by atoms with E-state index in [1.165, 1.54) is 5.56 Å². The number of hydrogen-bond donors (Lipinski definition) is 3. The van der Waals surface area contributed by atoms with Crippen molar-refractivity contribution in [2.24, 2.45) is 4.99 Å². The van der Waals surface area contributed by atoms with Crippen LogP contribution in [0.4, 0.5) is 4.79 Å². The van der Waals surface area contributed by atoms with Gasteiger partial charge >= 0.3 is 6.09 Å². The largest absolute Gasteiger partial charge is 0.493 e. The zero-order valence-corrected chi connectivity index (χ0v) is 26.7. The van der Waals surface area contributed by atoms with E-state index < -0.39 is 35.4 Å². The number of aryl methyl sites for hydroxylation is 1. The van der Waals surface area contributed by atoms with Crippen molar-refractivity contribution < 1.29 is 29.0 Å². The number of amides is 3. The number of carbonyl (C=O) groups excluding carboxylic acids is 3. The van der Waals surface area contributed by atoms with Crippen LogP contribution in [0.15, 0.2) is 41.4 Å². The second-order valence-corrected chi connectivity index (χ2v) is 13.8. The van der Waals surface area contributed by atoms with Gasteiger partial charge < -0.3 is 25.2 Å². The zero-order valence-electron chi connectivity index (χ0n) is 26.7. The minimum Gasteiger partial charge on any atom is -0.493 e. The maximum atomic E-state index is 14.2. The molecule has 0 aromatic heterocycles. The van der Waals surface area contributed by atoms with Crippen LogP contribution >= 0.6 is 0 Å². The van der Waals surface area contributed by atoms with Gasteiger partial charge in [-0.15, -0.1) is 4.99 Å². The standard InChI is InChI=1S/C35H44N4O6/c1-5-35-15-8-6-7-9-21-10-11-22-19-27(40)30(24(22)17-21)36-31(42)23-12-13-28-25(18-23)26(14-16-44-28)39(29(41)20-35)32(38-35)37-33(43)45-34(2,3)4/h10-13,17-18,26-27,30,40H,5-9,14-16,19-20H2,1-4H3,(H,36,42)(H,37,38,43)/t26-,27-,30-,35-/m1/s1. The fourth-order valence-electron chi connectivity index (χ4n) is 7.13. The molecular formula is C35H44N4O6. The molecule has 4 aliphatic heterocycles. The first-order valence-corrected chi connectivity index (χ1v) is 16.2. The average molecular weight is 617 g/mol. The highest BCUT2D eigenvalue weighted by atomic mass is 16.6. The number of guanidine groups is 1. The van der Waals surface area contributed by atoms with Crippen molar-refractivity contribution >= 4 is 23.9 Å². The van der Waals surface area contributed by atoms with E-state index in [2.05, 4.69) is 40.7 Å². The van der Waals surface area contributed by atoms with E-state index in [1.54, 1.807) is 43.9 Å². The van der Waals surface area contributed by atoms with Gasteiger partial charge in [-0.05, 0) is 81.3 Å². The molecule has 7 rings (SSSR count). The smallest absolute Gasteiger partial charge is 0.437 e. The van der Waals surface area contributed by atoms with Crippen molar-refractivity contribution in [3.63, 3.8) is 0 Å². The van der Waals surface area contributed by atoms with E-state index in [9.17, 15) is 19.5 Å². The van der Waals surface area contributed by atoms with Crippen molar-refractivity contribution in [2.75, 3.05) is 6.61 Å². The summed E-state index contributed by atoms with van der Waals surface area (Å²) < 4.78 is 11.5. The van der Waals surface area contributed by atoms with Crippen molar-refractivity contribution in [2.45, 2.75) is 115 Å². The molecular weight excluding hydrogens is 572 g/mol. The molecule has 5 aliphatic rings. The Morgan fingerprint density at radius 2 is 1.96 bits per heavy atom. The van der Waals surface area contributed by atoms with Gasteiger partial charge in [0, 0.05) is 29.5 Å². The third kappa shape index (κ3) is 6.43. The highest BCUT2D eigenvalue weighted by Crippen LogP contribution is 2.41. The van der Waals surface area contributed by atoms with Gasteiger partial charge in [-0.3, -0.25) is 14.5 Å². The number of nitrogens with one attached hydrogen (secondary N) is 2. The maximum absolute atomic E-state index is 14.2. The van der Waals surface area contributed by atoms with Gasteiger partial charge in [-0.1, -0.05) is 38.0 Å². The number of benzene rings is 2. The van der Waals surface area contributed by atoms with Crippen LogP contribution in [-0.2, 0) is 22.4 Å². The summed E-state index contributed by atoms with van der Waals surface area (Å²) in [6.07, 6.45) is 4.86. The van der Waals surface area contributed by atoms with Crippen LogP contribution in [0.1, 0.15) is 117 Å². The van der Waals surface area contributed by atoms with Crippen molar-refractivity contribution in [1.29, 1.82) is 0 Å². The third-order valence-electron chi connectivity index (χ3n) is 9.49. The predicted molar refractivity (Wildman–Crippen MR) is 169 cm³/mol. The average Bonchev–Trinajstić information content (AvgIpc) is 3.28. The van der Waals surface area contributed by atoms with Crippen LogP contribution in [0, 0.1) is 0 Å². The number of aliphatic hydroxyl groups excluding tert-OH is 1. The summed E-state index contributed by atoms with van der Waals surface area (Å²) in [5, 5.41) is 17.5. The molecule has 45 heavy (non-hydrogen) atoms. The summed E-state index contributed by atoms with van der Waals surface area (Å²) in [5.74, 6) is 0.284. The second kappa shape index (κ2) is 12.1. The molecule has 1 aliphatic carbocycles. The second-order valence-electron chi connectivity index (χ2n) is 13.8. The van der Waals surface area contributed by atoms with E-state index in [-0.39, 0.29) is 24.2 Å². The SMILES string of the molecule is CC[C@@]12CCCCCc3ccc4c(c3)[C@@H](NC(=O)c3ccc5c(c3)[C@@H](CCO5)N(C(=O)C1)/C(=N/C(=O)OC(C)(C)C)N2)[C@H](O)C4. The van der Waals surface area contributed by atoms with Crippen LogP contribution < -0.4 is 15.4 Å². The first-order chi connectivity index (χ1) is 21.4. The number of rotatable bonds is 1. The molecule has 2 aromatic rings. The minimum atomic E-state index is -0.773. The number of fused-ring (bicyclic) bond motifs is 7. The number of aliphatic hydroxyl groups is 1. The first kappa shape index (κ1) is 31.1. The van der Waals surface area contributed by atoms with E-state index in [4.69, 9.17) is 9.47 Å². The van der Waals surface area contributed by atoms with Gasteiger partial charge in [-0.2, -0.15) is 0 Å². The zero-order chi connectivity index (χ0) is 31.9. The highest BCUT2D eigenvalue weighted by Gasteiger charge is 2.45. The van der Waals surface area contributed by atoms with E-state index in [0.29, 0.717) is 42.7 Å². The van der Waals surface area contributed by atoms with Crippen LogP contribution in [0.5, 0.6) is 5.75 Å². The monoisotopic (exact) mass is 616 g/mol. The Labute approximate surface area is 264 Å². The lowest BCUT2D eigenvalue weighted by molar-refractivity contribution is -0.133. The van der Waals surface area contributed by atoms with Gasteiger partial charge in [0.25, 0.3) is 5.91 Å². The van der Waals surface area contributed by atoms with Gasteiger partial charge in [0.1, 0.15) is 11.4 Å². The van der Waals surface area contributed by atoms with Gasteiger partial charge in [0.05, 0.1) is 31.2 Å². The molecule has 0 radical (unpaired) electrons. The van der Waals surface area contributed by atoms with Crippen LogP contribution in [0.2, 0.25) is 0 Å². The molecule has 240 valence electrons. The van der Waals surface area contributed by atoms with E-state index in [0.717, 1.165) is 43.2 Å². The Bertz CT molecular complexity index is 1530. The minimum absolute atomic E-state index is 0.138. The van der Waals surface area contributed by atoms with Crippen molar-refractivity contribution in [1.82, 2.24) is 15.5 Å². The van der Waals surface area contributed by atoms with Gasteiger partial charge in [0.2, 0.25) is 11.9 Å². The molecule has 4 heterocycles. The Hall–Kier alpha value is -3.92. The van der Waals surface area contributed by atoms with Crippen LogP contribution in [-0.4, -0.2) is 57.7 Å². The number of hydrogen-bond acceptors (Lipinski definition) is 6. The molecule has 0 unspecified atom stereocenters. The van der Waals surface area contributed by atoms with Crippen molar-refractivity contribution in [3.05, 3.63) is 64.2 Å². The molecule has 3 amide bonds. The Balaban J connectivity index is 1.42. The lowest BCUT2D eigenvalue weighted by Crippen LogP contribution is -2.63. The number of ether oxygens (including phenoxy) is 2. The molecule has 10 heteroatoms. The predicted octanol–water partition coefficient (Wildman–Crippen LogP) is 5.28. The lowest BCUT2D eigenvalue weighted by Gasteiger charge is -2.46. The Kier molecular flexibility index (Phi) is 8.37. The molecule has 3 N–H and O–H groups in total. The fourth-order valence-corrected chi connectivity index (χ4v) is 7.13. The highest BCUT2D eigenvalue weighted by molar-refractivity contribution is 6.04. The van der Waals surface area contributed by atoms with Crippen LogP contribution in [0.25, 0.3) is 0 Å². The molecule has 4 atom stereocenters. The molecule has 1 saturated heterocycles. The number of aliphatic imine (C=N–C) groups is 1. The normalized spacial score (nSPS) is 27.5. The molecule has 2 aromatic carbocycles. The van der Waals surface area contributed by atoms with Crippen molar-refractivity contribution in [3.8, 4) is 5.75 Å². The first-order valence-electron chi connectivity index (χ1n) is 16.2. The lowest BCUT2D eigenvalue weighted by atomic mass is 9.83. The maximum Gasteiger partial charge on any atom is 0.437 e. The van der Waals surface area contributed by atoms with Crippen LogP contribution in [0.3, 0.4) is 0 Å². The fraction of sp³-hybridized carbons (Fsp3) is 0.543. The molecule has 6 bridgehead atoms. The Morgan fingerprint density at radius 3 is 2.73 bits per heavy atom. The molecule has 0 saturated carbocycles. The third-order valence-corrected chi connectivity index (χ3v) is 9.49. The summed E-state index contributed by atoms with van der Waals surface area (Å²) in [6, 6.07) is 10.5. The van der Waals surface area contributed by atoms with E-state index >= 15 is 0 Å².